The van der Waals surface area contributed by atoms with E-state index in [2.05, 4.69) is 5.32 Å². The van der Waals surface area contributed by atoms with Gasteiger partial charge in [0.15, 0.2) is 0 Å². The second kappa shape index (κ2) is 6.95. The molecule has 0 aliphatic heterocycles. The third-order valence-electron chi connectivity index (χ3n) is 1.09. The molecule has 0 radical (unpaired) electrons. The van der Waals surface area contributed by atoms with Crippen LogP contribution in [-0.4, -0.2) is 23.1 Å². The number of nitrogens with one attached hydrogen (secondary N) is 1. The smallest absolute Gasteiger partial charge is 0.264 e. The van der Waals surface area contributed by atoms with Gasteiger partial charge in [-0.25, -0.2) is 0 Å². The van der Waals surface area contributed by atoms with E-state index in [0.717, 1.165) is 0 Å². The largest absolute Gasteiger partial charge is 0.470 e. The van der Waals surface area contributed by atoms with Crippen LogP contribution in [0.15, 0.2) is 0 Å². The Morgan fingerprint density at radius 1 is 1.14 bits per heavy atom. The summed E-state index contributed by atoms with van der Waals surface area (Å²) in [4.78, 5) is 0. The zero-order valence-electron chi connectivity index (χ0n) is 8.99. The molecule has 0 aromatic heterocycles. The second-order valence-electron chi connectivity index (χ2n) is 3.57. The molecule has 82 valence electrons. The van der Waals surface area contributed by atoms with Crippen LogP contribution in [0.4, 0.5) is 0 Å². The van der Waals surface area contributed by atoms with E-state index in [0.29, 0.717) is 12.5 Å². The summed E-state index contributed by atoms with van der Waals surface area (Å²) in [6.45, 7) is 8.46. The highest BCUT2D eigenvalue weighted by Crippen LogP contribution is 1.94. The van der Waals surface area contributed by atoms with Crippen molar-refractivity contribution in [3.63, 3.8) is 0 Å². The molecule has 0 aromatic carbocycles. The van der Waals surface area contributed by atoms with Gasteiger partial charge in [0.1, 0.15) is 0 Å². The Balaban J connectivity index is 3.66. The van der Waals surface area contributed by atoms with Gasteiger partial charge in [0.05, 0.1) is 12.7 Å². The molecule has 0 amide bonds. The van der Waals surface area contributed by atoms with Gasteiger partial charge in [-0.1, -0.05) is 13.8 Å². The lowest BCUT2D eigenvalue weighted by atomic mass is 10.2. The van der Waals surface area contributed by atoms with Crippen molar-refractivity contribution in [1.29, 1.82) is 0 Å². The maximum atomic E-state index is 5.21. The molecule has 0 atom stereocenters. The first-order valence-electron chi connectivity index (χ1n) is 4.56. The first-order valence-corrected chi connectivity index (χ1v) is 5.38. The van der Waals surface area contributed by atoms with Gasteiger partial charge in [0.25, 0.3) is 10.3 Å². The van der Waals surface area contributed by atoms with Crippen LogP contribution in [0.5, 0.6) is 0 Å². The van der Waals surface area contributed by atoms with Crippen LogP contribution in [0.25, 0.3) is 0 Å². The highest BCUT2D eigenvalue weighted by Gasteiger charge is 2.04. The third-order valence-corrected chi connectivity index (χ3v) is 1.51. The van der Waals surface area contributed by atoms with Crippen LogP contribution in [0, 0.1) is 5.92 Å². The quantitative estimate of drug-likeness (QED) is 0.758. The molecule has 0 heterocycles. The molecule has 0 fully saturated rings. The van der Waals surface area contributed by atoms with Crippen LogP contribution in [0.1, 0.15) is 27.7 Å². The zero-order valence-corrected chi connectivity index (χ0v) is 10.6. The molecule has 0 aromatic rings. The highest BCUT2D eigenvalue weighted by atomic mass is 32.1. The van der Waals surface area contributed by atoms with Crippen molar-refractivity contribution < 1.29 is 9.47 Å². The van der Waals surface area contributed by atoms with Crippen molar-refractivity contribution in [1.82, 2.24) is 5.32 Å². The fourth-order valence-electron chi connectivity index (χ4n) is 0.605. The van der Waals surface area contributed by atoms with Crippen LogP contribution < -0.4 is 5.32 Å². The average molecular weight is 235 g/mol. The van der Waals surface area contributed by atoms with Crippen LogP contribution in [-0.2, 0) is 9.47 Å². The Kier molecular flexibility index (Phi) is 6.74. The third kappa shape index (κ3) is 8.19. The Bertz CT molecular complexity index is 205. The Morgan fingerprint density at radius 3 is 2.14 bits per heavy atom. The highest BCUT2D eigenvalue weighted by molar-refractivity contribution is 7.81. The van der Waals surface area contributed by atoms with Crippen molar-refractivity contribution in [2.24, 2.45) is 5.92 Å². The molecule has 0 rings (SSSR count). The Labute approximate surface area is 96.2 Å². The van der Waals surface area contributed by atoms with Gasteiger partial charge in [0, 0.05) is 0 Å². The van der Waals surface area contributed by atoms with E-state index in [4.69, 9.17) is 33.9 Å². The number of thiocarbonyl (C=S) groups is 2. The monoisotopic (exact) mass is 235 g/mol. The number of rotatable bonds is 3. The molecule has 0 saturated heterocycles. The van der Waals surface area contributed by atoms with Gasteiger partial charge < -0.3 is 9.47 Å². The molecule has 14 heavy (non-hydrogen) atoms. The molecule has 0 unspecified atom stereocenters. The predicted octanol–water partition coefficient (Wildman–Crippen LogP) is 2.24. The summed E-state index contributed by atoms with van der Waals surface area (Å²) >= 11 is 9.79. The summed E-state index contributed by atoms with van der Waals surface area (Å²) in [6, 6.07) is 0. The van der Waals surface area contributed by atoms with Gasteiger partial charge in [0.2, 0.25) is 0 Å². The van der Waals surface area contributed by atoms with Gasteiger partial charge in [-0.3, -0.25) is 5.32 Å². The SMILES string of the molecule is CC(C)COC(=S)NC(=S)OC(C)C. The summed E-state index contributed by atoms with van der Waals surface area (Å²) in [6.07, 6.45) is 0.0444. The van der Waals surface area contributed by atoms with Crippen molar-refractivity contribution in [2.45, 2.75) is 33.8 Å². The average Bonchev–Trinajstić information content (AvgIpc) is 1.98. The molecule has 0 saturated carbocycles. The van der Waals surface area contributed by atoms with Crippen molar-refractivity contribution in [3.8, 4) is 0 Å². The van der Waals surface area contributed by atoms with Crippen LogP contribution >= 0.6 is 24.4 Å². The molecule has 0 aliphatic carbocycles. The first kappa shape index (κ1) is 13.6. The van der Waals surface area contributed by atoms with Crippen LogP contribution in [0.3, 0.4) is 0 Å². The number of hydrogen-bond donors (Lipinski definition) is 1. The fraction of sp³-hybridized carbons (Fsp3) is 0.778. The lowest BCUT2D eigenvalue weighted by molar-refractivity contribution is 0.220. The maximum Gasteiger partial charge on any atom is 0.264 e. The van der Waals surface area contributed by atoms with Gasteiger partial charge >= 0.3 is 0 Å². The Hall–Kier alpha value is -0.420. The summed E-state index contributed by atoms with van der Waals surface area (Å²) < 4.78 is 10.4. The molecule has 1 N–H and O–H groups in total. The van der Waals surface area contributed by atoms with E-state index in [1.54, 1.807) is 0 Å². The van der Waals surface area contributed by atoms with Gasteiger partial charge in [-0.05, 0) is 44.2 Å². The zero-order chi connectivity index (χ0) is 11.1. The van der Waals surface area contributed by atoms with E-state index in [9.17, 15) is 0 Å². The van der Waals surface area contributed by atoms with Gasteiger partial charge in [-0.15, -0.1) is 0 Å². The number of ether oxygens (including phenoxy) is 2. The summed E-state index contributed by atoms with van der Waals surface area (Å²) in [5.41, 5.74) is 0. The maximum absolute atomic E-state index is 5.21. The topological polar surface area (TPSA) is 30.5 Å². The summed E-state index contributed by atoms with van der Waals surface area (Å²) in [5, 5.41) is 3.21. The minimum absolute atomic E-state index is 0.0444. The molecule has 0 aliphatic rings. The lowest BCUT2D eigenvalue weighted by Crippen LogP contribution is -2.33. The normalized spacial score (nSPS) is 10.1. The standard InChI is InChI=1S/C9H17NO2S2/c1-6(2)5-11-8(13)10-9(14)12-7(3)4/h6-7H,5H2,1-4H3,(H,10,13,14). The van der Waals surface area contributed by atoms with Crippen molar-refractivity contribution >= 4 is 34.8 Å². The predicted molar refractivity (Wildman–Crippen MR) is 65.3 cm³/mol. The molecule has 5 heteroatoms. The van der Waals surface area contributed by atoms with Crippen molar-refractivity contribution in [3.05, 3.63) is 0 Å². The van der Waals surface area contributed by atoms with E-state index in [1.165, 1.54) is 0 Å². The van der Waals surface area contributed by atoms with Crippen LogP contribution in [0.2, 0.25) is 0 Å². The van der Waals surface area contributed by atoms with Gasteiger partial charge in [-0.2, -0.15) is 0 Å². The Morgan fingerprint density at radius 2 is 1.71 bits per heavy atom. The van der Waals surface area contributed by atoms with E-state index < -0.39 is 0 Å². The van der Waals surface area contributed by atoms with E-state index in [-0.39, 0.29) is 16.5 Å². The minimum atomic E-state index is 0.0444. The number of hydrogen-bond acceptors (Lipinski definition) is 4. The second-order valence-corrected chi connectivity index (χ2v) is 4.31. The lowest BCUT2D eigenvalue weighted by Gasteiger charge is -2.14. The fourth-order valence-corrected chi connectivity index (χ4v) is 1.12. The molecule has 3 nitrogen and oxygen atoms in total. The first-order chi connectivity index (χ1) is 6.41. The molecule has 0 bridgehead atoms. The van der Waals surface area contributed by atoms with E-state index in [1.807, 2.05) is 27.7 Å². The van der Waals surface area contributed by atoms with E-state index >= 15 is 0 Å². The summed E-state index contributed by atoms with van der Waals surface area (Å²) in [7, 11) is 0. The van der Waals surface area contributed by atoms with Crippen molar-refractivity contribution in [2.75, 3.05) is 6.61 Å². The minimum Gasteiger partial charge on any atom is -0.470 e. The molecular formula is C9H17NO2S2. The summed E-state index contributed by atoms with van der Waals surface area (Å²) in [5.74, 6) is 0.439. The molecule has 0 spiro atoms. The molecular weight excluding hydrogens is 218 g/mol.